The van der Waals surface area contributed by atoms with Gasteiger partial charge in [-0.3, -0.25) is 0 Å². The first-order valence-electron chi connectivity index (χ1n) is 5.27. The Morgan fingerprint density at radius 3 is 2.24 bits per heavy atom. The molecule has 0 unspecified atom stereocenters. The van der Waals surface area contributed by atoms with E-state index in [-0.39, 0.29) is 0 Å². The average Bonchev–Trinajstić information content (AvgIpc) is 2.39. The summed E-state index contributed by atoms with van der Waals surface area (Å²) < 4.78 is 10.2. The van der Waals surface area contributed by atoms with Gasteiger partial charge in [0, 0.05) is 11.6 Å². The van der Waals surface area contributed by atoms with Gasteiger partial charge in [-0.2, -0.15) is 0 Å². The van der Waals surface area contributed by atoms with Crippen LogP contribution in [0.5, 0.6) is 11.6 Å². The molecule has 1 aromatic carbocycles. The van der Waals surface area contributed by atoms with Crippen molar-refractivity contribution in [2.45, 2.75) is 6.92 Å². The molecule has 1 heterocycles. The number of methoxy groups -OCH3 is 2. The highest BCUT2D eigenvalue weighted by atomic mass is 16.5. The number of aryl methyl sites for hydroxylation is 1. The summed E-state index contributed by atoms with van der Waals surface area (Å²) in [6.45, 7) is 2.05. The Morgan fingerprint density at radius 2 is 1.65 bits per heavy atom. The molecule has 1 aromatic heterocycles. The smallest absolute Gasteiger partial charge is 0.276 e. The van der Waals surface area contributed by atoms with Crippen LogP contribution in [-0.2, 0) is 0 Å². The third-order valence-corrected chi connectivity index (χ3v) is 2.49. The van der Waals surface area contributed by atoms with Crippen molar-refractivity contribution in [2.75, 3.05) is 14.2 Å². The van der Waals surface area contributed by atoms with Gasteiger partial charge in [0.05, 0.1) is 19.9 Å². The maximum absolute atomic E-state index is 5.19. The quantitative estimate of drug-likeness (QED) is 0.812. The second-order valence-electron chi connectivity index (χ2n) is 3.67. The van der Waals surface area contributed by atoms with Crippen molar-refractivity contribution in [1.82, 2.24) is 10.2 Å². The predicted octanol–water partition coefficient (Wildman–Crippen LogP) is 2.47. The van der Waals surface area contributed by atoms with Gasteiger partial charge in [-0.15, -0.1) is 10.2 Å². The monoisotopic (exact) mass is 230 g/mol. The summed E-state index contributed by atoms with van der Waals surface area (Å²) in [5.74, 6) is 0.974. The van der Waals surface area contributed by atoms with Crippen molar-refractivity contribution in [3.8, 4) is 22.9 Å². The fraction of sp³-hybridized carbons (Fsp3) is 0.231. The van der Waals surface area contributed by atoms with Crippen LogP contribution in [0.25, 0.3) is 11.3 Å². The Labute approximate surface area is 100 Å². The first kappa shape index (κ1) is 11.4. The molecule has 4 heteroatoms. The minimum Gasteiger partial charge on any atom is -0.491 e. The fourth-order valence-corrected chi connectivity index (χ4v) is 1.52. The lowest BCUT2D eigenvalue weighted by Gasteiger charge is -2.07. The fourth-order valence-electron chi connectivity index (χ4n) is 1.52. The molecule has 17 heavy (non-hydrogen) atoms. The van der Waals surface area contributed by atoms with Crippen molar-refractivity contribution in [3.05, 3.63) is 35.9 Å². The molecule has 0 spiro atoms. The van der Waals surface area contributed by atoms with E-state index in [9.17, 15) is 0 Å². The van der Waals surface area contributed by atoms with Crippen molar-refractivity contribution < 1.29 is 9.47 Å². The number of aromatic nitrogens is 2. The SMILES string of the molecule is COc1cc(-c2ccc(C)cc2)nnc1OC. The molecule has 4 nitrogen and oxygen atoms in total. The Hall–Kier alpha value is -2.10. The van der Waals surface area contributed by atoms with Gasteiger partial charge in [0.2, 0.25) is 0 Å². The third kappa shape index (κ3) is 2.36. The van der Waals surface area contributed by atoms with Crippen LogP contribution in [0.3, 0.4) is 0 Å². The molecule has 0 aliphatic rings. The van der Waals surface area contributed by atoms with Gasteiger partial charge in [0.25, 0.3) is 5.88 Å². The van der Waals surface area contributed by atoms with E-state index in [4.69, 9.17) is 9.47 Å². The van der Waals surface area contributed by atoms with E-state index >= 15 is 0 Å². The molecule has 0 bridgehead atoms. The summed E-state index contributed by atoms with van der Waals surface area (Å²) in [5, 5.41) is 8.07. The van der Waals surface area contributed by atoms with Gasteiger partial charge in [-0.05, 0) is 6.92 Å². The number of nitrogens with zero attached hydrogens (tertiary/aromatic N) is 2. The van der Waals surface area contributed by atoms with Gasteiger partial charge in [0.15, 0.2) is 5.75 Å². The van der Waals surface area contributed by atoms with E-state index in [0.717, 1.165) is 11.3 Å². The summed E-state index contributed by atoms with van der Waals surface area (Å²) in [6.07, 6.45) is 0. The second kappa shape index (κ2) is 4.82. The van der Waals surface area contributed by atoms with E-state index in [1.807, 2.05) is 37.3 Å². The number of benzene rings is 1. The third-order valence-electron chi connectivity index (χ3n) is 2.49. The maximum Gasteiger partial charge on any atom is 0.276 e. The van der Waals surface area contributed by atoms with E-state index in [2.05, 4.69) is 10.2 Å². The zero-order valence-corrected chi connectivity index (χ0v) is 10.1. The lowest BCUT2D eigenvalue weighted by molar-refractivity contribution is 0.338. The Bertz CT molecular complexity index is 509. The topological polar surface area (TPSA) is 44.2 Å². The number of rotatable bonds is 3. The molecule has 0 saturated carbocycles. The average molecular weight is 230 g/mol. The van der Waals surface area contributed by atoms with E-state index < -0.39 is 0 Å². The Morgan fingerprint density at radius 1 is 0.941 bits per heavy atom. The molecule has 0 aliphatic carbocycles. The Balaban J connectivity index is 2.42. The van der Waals surface area contributed by atoms with Gasteiger partial charge in [-0.25, -0.2) is 0 Å². The van der Waals surface area contributed by atoms with Crippen LogP contribution in [0.15, 0.2) is 30.3 Å². The van der Waals surface area contributed by atoms with Gasteiger partial charge < -0.3 is 9.47 Å². The highest BCUT2D eigenvalue weighted by molar-refractivity contribution is 5.61. The summed E-state index contributed by atoms with van der Waals surface area (Å²) >= 11 is 0. The molecule has 88 valence electrons. The predicted molar refractivity (Wildman–Crippen MR) is 65.3 cm³/mol. The van der Waals surface area contributed by atoms with Crippen molar-refractivity contribution in [3.63, 3.8) is 0 Å². The lowest BCUT2D eigenvalue weighted by Crippen LogP contribution is -1.97. The number of hydrogen-bond donors (Lipinski definition) is 0. The molecule has 0 amide bonds. The summed E-state index contributed by atoms with van der Waals surface area (Å²) in [5.41, 5.74) is 2.98. The lowest BCUT2D eigenvalue weighted by atomic mass is 10.1. The summed E-state index contributed by atoms with van der Waals surface area (Å²) in [7, 11) is 3.12. The maximum atomic E-state index is 5.19. The molecule has 0 saturated heterocycles. The molecule has 2 aromatic rings. The van der Waals surface area contributed by atoms with Crippen LogP contribution < -0.4 is 9.47 Å². The summed E-state index contributed by atoms with van der Waals surface area (Å²) in [6, 6.07) is 9.90. The van der Waals surface area contributed by atoms with Crippen molar-refractivity contribution >= 4 is 0 Å². The first-order chi connectivity index (χ1) is 8.24. The van der Waals surface area contributed by atoms with Gasteiger partial charge in [-0.1, -0.05) is 29.8 Å². The van der Waals surface area contributed by atoms with E-state index in [0.29, 0.717) is 11.6 Å². The Kier molecular flexibility index (Phi) is 3.23. The van der Waals surface area contributed by atoms with Crippen LogP contribution >= 0.6 is 0 Å². The highest BCUT2D eigenvalue weighted by Gasteiger charge is 2.08. The zero-order valence-electron chi connectivity index (χ0n) is 10.1. The van der Waals surface area contributed by atoms with Gasteiger partial charge in [0.1, 0.15) is 0 Å². The number of hydrogen-bond acceptors (Lipinski definition) is 4. The first-order valence-corrected chi connectivity index (χ1v) is 5.27. The number of ether oxygens (including phenoxy) is 2. The molecule has 0 N–H and O–H groups in total. The molecule has 0 aliphatic heterocycles. The molecular weight excluding hydrogens is 216 g/mol. The minimum atomic E-state index is 0.392. The normalized spacial score (nSPS) is 10.1. The molecule has 2 rings (SSSR count). The zero-order chi connectivity index (χ0) is 12.3. The molecule has 0 radical (unpaired) electrons. The van der Waals surface area contributed by atoms with Crippen LogP contribution in [0.2, 0.25) is 0 Å². The summed E-state index contributed by atoms with van der Waals surface area (Å²) in [4.78, 5) is 0. The van der Waals surface area contributed by atoms with Crippen LogP contribution in [0, 0.1) is 6.92 Å². The van der Waals surface area contributed by atoms with E-state index in [1.54, 1.807) is 7.11 Å². The molecule has 0 atom stereocenters. The van der Waals surface area contributed by atoms with Crippen LogP contribution in [-0.4, -0.2) is 24.4 Å². The van der Waals surface area contributed by atoms with Crippen molar-refractivity contribution in [2.24, 2.45) is 0 Å². The minimum absolute atomic E-state index is 0.392. The largest absolute Gasteiger partial charge is 0.491 e. The van der Waals surface area contributed by atoms with Crippen molar-refractivity contribution in [1.29, 1.82) is 0 Å². The molecular formula is C13H14N2O2. The van der Waals surface area contributed by atoms with E-state index in [1.165, 1.54) is 12.7 Å². The van der Waals surface area contributed by atoms with Crippen LogP contribution in [0.4, 0.5) is 0 Å². The second-order valence-corrected chi connectivity index (χ2v) is 3.67. The standard InChI is InChI=1S/C13H14N2O2/c1-9-4-6-10(7-5-9)11-8-12(16-2)13(17-3)15-14-11/h4-8H,1-3H3. The molecule has 0 fully saturated rings. The van der Waals surface area contributed by atoms with Crippen LogP contribution in [0.1, 0.15) is 5.56 Å². The highest BCUT2D eigenvalue weighted by Crippen LogP contribution is 2.27. The van der Waals surface area contributed by atoms with Gasteiger partial charge >= 0.3 is 0 Å².